The second-order valence-electron chi connectivity index (χ2n) is 3.06. The van der Waals surface area contributed by atoms with Gasteiger partial charge in [-0.25, -0.2) is 0 Å². The van der Waals surface area contributed by atoms with Crippen molar-refractivity contribution in [3.8, 4) is 10.4 Å². The number of hydrogen-bond acceptors (Lipinski definition) is 4. The number of thiophene rings is 1. The summed E-state index contributed by atoms with van der Waals surface area (Å²) < 4.78 is 0. The number of rotatable bonds is 3. The summed E-state index contributed by atoms with van der Waals surface area (Å²) in [7, 11) is 1.39. The molecule has 1 aromatic carbocycles. The van der Waals surface area contributed by atoms with E-state index in [4.69, 9.17) is 11.6 Å². The minimum absolute atomic E-state index is 0.418. The lowest BCUT2D eigenvalue weighted by molar-refractivity contribution is 0.108. The summed E-state index contributed by atoms with van der Waals surface area (Å²) in [6.45, 7) is 0. The highest BCUT2D eigenvalue weighted by Gasteiger charge is 2.09. The average Bonchev–Trinajstić information content (AvgIpc) is 2.78. The maximum absolute atomic E-state index is 11.0. The molecule has 0 spiro atoms. The van der Waals surface area contributed by atoms with Crippen LogP contribution in [0.1, 0.15) is 10.4 Å². The van der Waals surface area contributed by atoms with Crippen molar-refractivity contribution >= 4 is 50.6 Å². The largest absolute Gasteiger partial charge is 0.276 e. The Morgan fingerprint density at radius 2 is 2.12 bits per heavy atom. The summed E-state index contributed by atoms with van der Waals surface area (Å²) in [5, 5.41) is 1.35. The molecule has 0 saturated carbocycles. The molecule has 16 heavy (non-hydrogen) atoms. The Morgan fingerprint density at radius 1 is 1.38 bits per heavy atom. The summed E-state index contributed by atoms with van der Waals surface area (Å²) in [6, 6.07) is 9.73. The Labute approximate surface area is 112 Å². The smallest absolute Gasteiger partial charge is 0.253 e. The van der Waals surface area contributed by atoms with Crippen LogP contribution in [-0.2, 0) is 0 Å². The molecule has 0 fully saturated rings. The Morgan fingerprint density at radius 3 is 2.75 bits per heavy atom. The van der Waals surface area contributed by atoms with Gasteiger partial charge in [0, 0.05) is 26.3 Å². The van der Waals surface area contributed by atoms with Crippen molar-refractivity contribution in [2.45, 2.75) is 4.90 Å². The van der Waals surface area contributed by atoms with Crippen LogP contribution in [-0.4, -0.2) is 5.24 Å². The van der Waals surface area contributed by atoms with Crippen molar-refractivity contribution in [1.82, 2.24) is 0 Å². The molecule has 1 heterocycles. The van der Waals surface area contributed by atoms with Crippen LogP contribution in [0.5, 0.6) is 0 Å². The summed E-state index contributed by atoms with van der Waals surface area (Å²) in [6.07, 6.45) is 0. The molecule has 0 N–H and O–H groups in total. The summed E-state index contributed by atoms with van der Waals surface area (Å²) in [5.41, 5.74) is 1.62. The van der Waals surface area contributed by atoms with E-state index in [1.165, 1.54) is 22.1 Å². The highest BCUT2D eigenvalue weighted by molar-refractivity contribution is 8.68. The van der Waals surface area contributed by atoms with E-state index in [2.05, 4.69) is 11.7 Å². The van der Waals surface area contributed by atoms with Crippen LogP contribution in [0.25, 0.3) is 10.4 Å². The van der Waals surface area contributed by atoms with Crippen LogP contribution in [0.15, 0.2) is 40.6 Å². The monoisotopic (exact) mass is 286 g/mol. The van der Waals surface area contributed by atoms with Crippen LogP contribution in [0.4, 0.5) is 0 Å². The van der Waals surface area contributed by atoms with E-state index in [0.29, 0.717) is 5.56 Å². The lowest BCUT2D eigenvalue weighted by Gasteiger charge is -2.02. The number of thiol groups is 1. The van der Waals surface area contributed by atoms with Gasteiger partial charge in [-0.2, -0.15) is 0 Å². The van der Waals surface area contributed by atoms with Gasteiger partial charge in [-0.15, -0.1) is 23.0 Å². The molecule has 0 amide bonds. The molecule has 0 aliphatic rings. The van der Waals surface area contributed by atoms with E-state index >= 15 is 0 Å². The Balaban J connectivity index is 2.46. The minimum Gasteiger partial charge on any atom is -0.276 e. The molecule has 0 bridgehead atoms. The van der Waals surface area contributed by atoms with E-state index in [0.717, 1.165) is 15.3 Å². The lowest BCUT2D eigenvalue weighted by atomic mass is 10.2. The van der Waals surface area contributed by atoms with Crippen LogP contribution in [0.3, 0.4) is 0 Å². The van der Waals surface area contributed by atoms with Gasteiger partial charge in [0.05, 0.1) is 0 Å². The van der Waals surface area contributed by atoms with E-state index < -0.39 is 5.24 Å². The van der Waals surface area contributed by atoms with E-state index in [-0.39, 0.29) is 0 Å². The zero-order chi connectivity index (χ0) is 11.5. The Kier molecular flexibility index (Phi) is 3.97. The molecule has 2 rings (SSSR count). The first-order valence-corrected chi connectivity index (χ1v) is 7.54. The van der Waals surface area contributed by atoms with E-state index in [1.807, 2.05) is 30.3 Å². The quantitative estimate of drug-likeness (QED) is 0.499. The maximum atomic E-state index is 11.0. The fraction of sp³-hybridized carbons (Fsp3) is 0. The number of carbonyl (C=O) groups excluding carboxylic acids is 1. The maximum Gasteiger partial charge on any atom is 0.253 e. The third-order valence-electron chi connectivity index (χ3n) is 2.08. The lowest BCUT2D eigenvalue weighted by Crippen LogP contribution is -1.82. The van der Waals surface area contributed by atoms with Gasteiger partial charge >= 0.3 is 0 Å². The first kappa shape index (κ1) is 12.0. The van der Waals surface area contributed by atoms with Gasteiger partial charge < -0.3 is 0 Å². The number of halogens is 1. The van der Waals surface area contributed by atoms with Crippen LogP contribution >= 0.6 is 45.4 Å². The number of hydrogen-bond donors (Lipinski definition) is 1. The molecule has 2 aromatic rings. The first-order valence-electron chi connectivity index (χ1n) is 4.41. The van der Waals surface area contributed by atoms with Crippen LogP contribution < -0.4 is 0 Å². The van der Waals surface area contributed by atoms with Gasteiger partial charge in [0.1, 0.15) is 0 Å². The molecule has 82 valence electrons. The number of benzene rings is 1. The van der Waals surface area contributed by atoms with Crippen molar-refractivity contribution in [2.24, 2.45) is 0 Å². The number of carbonyl (C=O) groups is 1. The third kappa shape index (κ3) is 2.46. The molecule has 0 atom stereocenters. The Hall–Kier alpha value is -0.420. The van der Waals surface area contributed by atoms with Crippen molar-refractivity contribution < 1.29 is 4.79 Å². The molecule has 0 aliphatic carbocycles. The minimum atomic E-state index is -0.418. The molecule has 0 unspecified atom stereocenters. The second-order valence-corrected chi connectivity index (χ2v) is 5.49. The van der Waals surface area contributed by atoms with Crippen LogP contribution in [0.2, 0.25) is 0 Å². The molecule has 0 aliphatic heterocycles. The van der Waals surface area contributed by atoms with Gasteiger partial charge in [0.25, 0.3) is 5.24 Å². The van der Waals surface area contributed by atoms with E-state index in [9.17, 15) is 4.79 Å². The van der Waals surface area contributed by atoms with Gasteiger partial charge in [0.2, 0.25) is 0 Å². The topological polar surface area (TPSA) is 17.1 Å². The van der Waals surface area contributed by atoms with Crippen molar-refractivity contribution in [3.63, 3.8) is 0 Å². The van der Waals surface area contributed by atoms with Crippen LogP contribution in [0, 0.1) is 0 Å². The predicted octanol–water partition coefficient (Wildman–Crippen LogP) is 4.73. The fourth-order valence-electron chi connectivity index (χ4n) is 1.33. The van der Waals surface area contributed by atoms with Gasteiger partial charge in [-0.1, -0.05) is 29.0 Å². The summed E-state index contributed by atoms with van der Waals surface area (Å²) in [5.74, 6) is 0. The average molecular weight is 287 g/mol. The van der Waals surface area contributed by atoms with E-state index in [1.54, 1.807) is 5.38 Å². The third-order valence-corrected chi connectivity index (χ3v) is 4.40. The Bertz CT molecular complexity index is 521. The summed E-state index contributed by atoms with van der Waals surface area (Å²) in [4.78, 5) is 13.1. The molecule has 1 aromatic heterocycles. The second kappa shape index (κ2) is 5.27. The van der Waals surface area contributed by atoms with Gasteiger partial charge in [-0.3, -0.25) is 4.79 Å². The van der Waals surface area contributed by atoms with Crippen molar-refractivity contribution in [3.05, 3.63) is 41.3 Å². The zero-order valence-corrected chi connectivity index (χ0v) is 11.3. The molecule has 5 heteroatoms. The van der Waals surface area contributed by atoms with Crippen molar-refractivity contribution in [1.29, 1.82) is 0 Å². The molecular weight excluding hydrogens is 280 g/mol. The normalized spacial score (nSPS) is 10.4. The highest BCUT2D eigenvalue weighted by Crippen LogP contribution is 2.36. The van der Waals surface area contributed by atoms with Gasteiger partial charge in [-0.05, 0) is 23.7 Å². The summed E-state index contributed by atoms with van der Waals surface area (Å²) >= 11 is 11.1. The highest BCUT2D eigenvalue weighted by atomic mass is 35.5. The molecular formula is C11H7ClOS3. The molecule has 0 radical (unpaired) electrons. The zero-order valence-electron chi connectivity index (χ0n) is 8.01. The standard InChI is InChI=1S/C11H7ClOS3/c12-11(13)7-5-10(15-6-7)8-3-1-2-4-9(8)16-14/h1-6,14H. The molecule has 1 nitrogen and oxygen atoms in total. The van der Waals surface area contributed by atoms with Gasteiger partial charge in [0.15, 0.2) is 0 Å². The predicted molar refractivity (Wildman–Crippen MR) is 74.8 cm³/mol. The fourth-order valence-corrected chi connectivity index (χ4v) is 3.39. The van der Waals surface area contributed by atoms with Crippen molar-refractivity contribution in [2.75, 3.05) is 0 Å². The first-order chi connectivity index (χ1) is 7.72. The molecule has 0 saturated heterocycles. The SMILES string of the molecule is O=C(Cl)c1csc(-c2ccccc2SS)c1.